The van der Waals surface area contributed by atoms with Crippen LogP contribution in [0.1, 0.15) is 35.6 Å². The number of rotatable bonds is 4. The Balaban J connectivity index is 1.67. The molecule has 3 aromatic rings. The number of aryl methyl sites for hydroxylation is 1. The Morgan fingerprint density at radius 2 is 2.08 bits per heavy atom. The van der Waals surface area contributed by atoms with E-state index in [0.717, 1.165) is 47.0 Å². The van der Waals surface area contributed by atoms with Crippen LogP contribution in [0.4, 0.5) is 0 Å². The van der Waals surface area contributed by atoms with Crippen molar-refractivity contribution in [3.8, 4) is 5.75 Å². The molecule has 4 heteroatoms. The maximum absolute atomic E-state index is 12.3. The third-order valence-electron chi connectivity index (χ3n) is 4.97. The second-order valence-corrected chi connectivity index (χ2v) is 6.56. The lowest BCUT2D eigenvalue weighted by molar-refractivity contribution is -0.122. The molecule has 1 heterocycles. The number of hydrogen-bond acceptors (Lipinski definition) is 2. The van der Waals surface area contributed by atoms with Gasteiger partial charge in [0, 0.05) is 23.6 Å². The highest BCUT2D eigenvalue weighted by atomic mass is 16.5. The van der Waals surface area contributed by atoms with Crippen molar-refractivity contribution in [2.24, 2.45) is 0 Å². The predicted octanol–water partition coefficient (Wildman–Crippen LogP) is 3.91. The Hall–Kier alpha value is -2.75. The van der Waals surface area contributed by atoms with Crippen LogP contribution < -0.4 is 10.1 Å². The van der Waals surface area contributed by atoms with E-state index in [9.17, 15) is 4.79 Å². The summed E-state index contributed by atoms with van der Waals surface area (Å²) in [4.78, 5) is 15.8. The molecule has 0 spiro atoms. The first kappa shape index (κ1) is 15.8. The lowest BCUT2D eigenvalue weighted by Crippen LogP contribution is -2.28. The summed E-state index contributed by atoms with van der Waals surface area (Å²) in [5.74, 6) is 0.851. The molecule has 1 aliphatic carbocycles. The van der Waals surface area contributed by atoms with Crippen LogP contribution in [-0.2, 0) is 17.8 Å². The number of likely N-dealkylation sites (N-methyl/N-ethyl adjacent to an activating group) is 1. The SMILES string of the molecule is CNC(=O)C1CCCc2[nH]c3ccc(OCc4ccccc4)cc3c21. The van der Waals surface area contributed by atoms with Crippen LogP contribution in [0, 0.1) is 0 Å². The van der Waals surface area contributed by atoms with Gasteiger partial charge in [0.25, 0.3) is 0 Å². The molecule has 1 amide bonds. The summed E-state index contributed by atoms with van der Waals surface area (Å²) in [5.41, 5.74) is 4.55. The quantitative estimate of drug-likeness (QED) is 0.760. The van der Waals surface area contributed by atoms with Crippen LogP contribution in [0.2, 0.25) is 0 Å². The number of carbonyl (C=O) groups excluding carboxylic acids is 1. The molecule has 2 aromatic carbocycles. The molecule has 0 bridgehead atoms. The van der Waals surface area contributed by atoms with Crippen molar-refractivity contribution in [1.29, 1.82) is 0 Å². The number of H-pyrrole nitrogens is 1. The lowest BCUT2D eigenvalue weighted by Gasteiger charge is -2.21. The van der Waals surface area contributed by atoms with E-state index in [1.807, 2.05) is 24.3 Å². The molecule has 1 aromatic heterocycles. The van der Waals surface area contributed by atoms with Gasteiger partial charge >= 0.3 is 0 Å². The molecule has 0 radical (unpaired) electrons. The average Bonchev–Trinajstić information content (AvgIpc) is 3.04. The van der Waals surface area contributed by atoms with E-state index in [1.165, 1.54) is 5.69 Å². The van der Waals surface area contributed by atoms with Crippen molar-refractivity contribution < 1.29 is 9.53 Å². The standard InChI is InChI=1S/C21H22N2O2/c1-22-21(24)16-8-5-9-19-20(16)17-12-15(10-11-18(17)23-19)25-13-14-6-3-2-4-7-14/h2-4,6-7,10-12,16,23H,5,8-9,13H2,1H3,(H,22,24). The number of fused-ring (bicyclic) bond motifs is 3. The number of aromatic amines is 1. The highest BCUT2D eigenvalue weighted by molar-refractivity contribution is 5.94. The van der Waals surface area contributed by atoms with E-state index in [4.69, 9.17) is 4.74 Å². The smallest absolute Gasteiger partial charge is 0.227 e. The molecular weight excluding hydrogens is 312 g/mol. The largest absolute Gasteiger partial charge is 0.489 e. The fourth-order valence-electron chi connectivity index (χ4n) is 3.74. The van der Waals surface area contributed by atoms with Gasteiger partial charge in [0.15, 0.2) is 0 Å². The van der Waals surface area contributed by atoms with Gasteiger partial charge in [0.1, 0.15) is 12.4 Å². The van der Waals surface area contributed by atoms with Crippen molar-refractivity contribution in [2.75, 3.05) is 7.05 Å². The van der Waals surface area contributed by atoms with Crippen LogP contribution in [0.5, 0.6) is 5.75 Å². The number of amides is 1. The Morgan fingerprint density at radius 3 is 2.88 bits per heavy atom. The molecule has 4 rings (SSSR count). The first-order valence-corrected chi connectivity index (χ1v) is 8.79. The Morgan fingerprint density at radius 1 is 1.24 bits per heavy atom. The highest BCUT2D eigenvalue weighted by Gasteiger charge is 2.29. The molecular formula is C21H22N2O2. The highest BCUT2D eigenvalue weighted by Crippen LogP contribution is 2.38. The summed E-state index contributed by atoms with van der Waals surface area (Å²) in [5, 5.41) is 3.91. The first-order chi connectivity index (χ1) is 12.3. The van der Waals surface area contributed by atoms with Gasteiger partial charge in [-0.1, -0.05) is 30.3 Å². The second-order valence-electron chi connectivity index (χ2n) is 6.56. The summed E-state index contributed by atoms with van der Waals surface area (Å²) in [6.45, 7) is 0.540. The Labute approximate surface area is 147 Å². The van der Waals surface area contributed by atoms with E-state index in [2.05, 4.69) is 34.6 Å². The van der Waals surface area contributed by atoms with Gasteiger partial charge in [-0.3, -0.25) is 4.79 Å². The fourth-order valence-corrected chi connectivity index (χ4v) is 3.74. The molecule has 1 atom stereocenters. The zero-order valence-corrected chi connectivity index (χ0v) is 14.3. The Kier molecular flexibility index (Phi) is 4.18. The molecule has 1 unspecified atom stereocenters. The van der Waals surface area contributed by atoms with Crippen molar-refractivity contribution in [3.05, 3.63) is 65.4 Å². The van der Waals surface area contributed by atoms with Crippen LogP contribution >= 0.6 is 0 Å². The number of carbonyl (C=O) groups is 1. The molecule has 2 N–H and O–H groups in total. The molecule has 0 saturated carbocycles. The van der Waals surface area contributed by atoms with Gasteiger partial charge in [-0.2, -0.15) is 0 Å². The van der Waals surface area contributed by atoms with Crippen LogP contribution in [0.15, 0.2) is 48.5 Å². The molecule has 0 saturated heterocycles. The van der Waals surface area contributed by atoms with Crippen molar-refractivity contribution in [1.82, 2.24) is 10.3 Å². The van der Waals surface area contributed by atoms with Gasteiger partial charge < -0.3 is 15.0 Å². The molecule has 128 valence electrons. The van der Waals surface area contributed by atoms with E-state index in [0.29, 0.717) is 6.61 Å². The molecule has 1 aliphatic rings. The third kappa shape index (κ3) is 3.00. The van der Waals surface area contributed by atoms with Crippen LogP contribution in [-0.4, -0.2) is 17.9 Å². The monoisotopic (exact) mass is 334 g/mol. The third-order valence-corrected chi connectivity index (χ3v) is 4.97. The molecule has 0 fully saturated rings. The van der Waals surface area contributed by atoms with Crippen molar-refractivity contribution in [2.45, 2.75) is 31.8 Å². The summed E-state index contributed by atoms with van der Waals surface area (Å²) < 4.78 is 5.97. The van der Waals surface area contributed by atoms with Gasteiger partial charge in [-0.25, -0.2) is 0 Å². The summed E-state index contributed by atoms with van der Waals surface area (Å²) >= 11 is 0. The minimum atomic E-state index is -0.0770. The summed E-state index contributed by atoms with van der Waals surface area (Å²) in [7, 11) is 1.71. The van der Waals surface area contributed by atoms with Gasteiger partial charge in [-0.05, 0) is 48.6 Å². The van der Waals surface area contributed by atoms with Gasteiger partial charge in [0.05, 0.1) is 5.92 Å². The Bertz CT molecular complexity index is 899. The number of nitrogens with one attached hydrogen (secondary N) is 2. The van der Waals surface area contributed by atoms with Crippen LogP contribution in [0.3, 0.4) is 0 Å². The first-order valence-electron chi connectivity index (χ1n) is 8.79. The number of ether oxygens (including phenoxy) is 1. The van der Waals surface area contributed by atoms with Crippen molar-refractivity contribution in [3.63, 3.8) is 0 Å². The summed E-state index contributed by atoms with van der Waals surface area (Å²) in [6, 6.07) is 16.2. The minimum absolute atomic E-state index is 0.0770. The van der Waals surface area contributed by atoms with E-state index in [1.54, 1.807) is 7.05 Å². The normalized spacial score (nSPS) is 16.4. The van der Waals surface area contributed by atoms with Crippen molar-refractivity contribution >= 4 is 16.8 Å². The van der Waals surface area contributed by atoms with E-state index < -0.39 is 0 Å². The summed E-state index contributed by atoms with van der Waals surface area (Å²) in [6.07, 6.45) is 2.93. The fraction of sp³-hybridized carbons (Fsp3) is 0.286. The molecule has 25 heavy (non-hydrogen) atoms. The second kappa shape index (κ2) is 6.63. The van der Waals surface area contributed by atoms with Gasteiger partial charge in [0.2, 0.25) is 5.91 Å². The lowest BCUT2D eigenvalue weighted by atomic mass is 9.84. The topological polar surface area (TPSA) is 54.1 Å². The maximum atomic E-state index is 12.3. The average molecular weight is 334 g/mol. The number of hydrogen-bond donors (Lipinski definition) is 2. The number of benzene rings is 2. The molecule has 0 aliphatic heterocycles. The maximum Gasteiger partial charge on any atom is 0.227 e. The molecule has 4 nitrogen and oxygen atoms in total. The zero-order chi connectivity index (χ0) is 17.2. The minimum Gasteiger partial charge on any atom is -0.489 e. The number of aromatic nitrogens is 1. The van der Waals surface area contributed by atoms with Crippen LogP contribution in [0.25, 0.3) is 10.9 Å². The van der Waals surface area contributed by atoms with E-state index in [-0.39, 0.29) is 11.8 Å². The van der Waals surface area contributed by atoms with Gasteiger partial charge in [-0.15, -0.1) is 0 Å². The van der Waals surface area contributed by atoms with E-state index >= 15 is 0 Å². The predicted molar refractivity (Wildman–Crippen MR) is 98.8 cm³/mol. The zero-order valence-electron chi connectivity index (χ0n) is 14.3.